The SMILES string of the molecule is N#Cc1c(N)nc(N)nc1-c1ccc(Br)cc1Cl. The van der Waals surface area contributed by atoms with Gasteiger partial charge in [-0.05, 0) is 12.1 Å². The van der Waals surface area contributed by atoms with Crippen molar-refractivity contribution in [3.05, 3.63) is 33.3 Å². The highest BCUT2D eigenvalue weighted by molar-refractivity contribution is 9.10. The minimum absolute atomic E-state index is 0.000449. The molecule has 1 aromatic carbocycles. The zero-order chi connectivity index (χ0) is 13.3. The summed E-state index contributed by atoms with van der Waals surface area (Å²) in [4.78, 5) is 7.78. The molecule has 5 nitrogen and oxygen atoms in total. The van der Waals surface area contributed by atoms with Gasteiger partial charge in [0.2, 0.25) is 5.95 Å². The predicted molar refractivity (Wildman–Crippen MR) is 73.7 cm³/mol. The molecule has 0 radical (unpaired) electrons. The highest BCUT2D eigenvalue weighted by Crippen LogP contribution is 2.32. The van der Waals surface area contributed by atoms with Gasteiger partial charge in [0.25, 0.3) is 0 Å². The van der Waals surface area contributed by atoms with E-state index in [2.05, 4.69) is 25.9 Å². The summed E-state index contributed by atoms with van der Waals surface area (Å²) in [6.45, 7) is 0. The first-order valence-corrected chi connectivity index (χ1v) is 5.98. The van der Waals surface area contributed by atoms with Crippen LogP contribution < -0.4 is 11.5 Å². The van der Waals surface area contributed by atoms with Gasteiger partial charge in [0, 0.05) is 10.0 Å². The molecular formula is C11H7BrClN5. The maximum absolute atomic E-state index is 9.09. The average Bonchev–Trinajstić information content (AvgIpc) is 2.28. The third-order valence-electron chi connectivity index (χ3n) is 2.25. The summed E-state index contributed by atoms with van der Waals surface area (Å²) in [5.74, 6) is 0.0412. The molecule has 0 bridgehead atoms. The molecule has 0 aliphatic carbocycles. The second-order valence-corrected chi connectivity index (χ2v) is 4.75. The fraction of sp³-hybridized carbons (Fsp3) is 0. The Labute approximate surface area is 117 Å². The van der Waals surface area contributed by atoms with E-state index in [-0.39, 0.29) is 17.3 Å². The Morgan fingerprint density at radius 2 is 2.00 bits per heavy atom. The highest BCUT2D eigenvalue weighted by Gasteiger charge is 2.15. The molecule has 7 heteroatoms. The summed E-state index contributed by atoms with van der Waals surface area (Å²) < 4.78 is 0.824. The molecule has 0 aliphatic rings. The summed E-state index contributed by atoms with van der Waals surface area (Å²) >= 11 is 9.42. The van der Waals surface area contributed by atoms with Crippen molar-refractivity contribution in [1.82, 2.24) is 9.97 Å². The van der Waals surface area contributed by atoms with Crippen LogP contribution in [0.25, 0.3) is 11.3 Å². The fourth-order valence-corrected chi connectivity index (χ4v) is 2.25. The van der Waals surface area contributed by atoms with Crippen LogP contribution in [0, 0.1) is 11.3 Å². The number of aromatic nitrogens is 2. The number of anilines is 2. The third kappa shape index (κ3) is 2.23. The highest BCUT2D eigenvalue weighted by atomic mass is 79.9. The average molecular weight is 325 g/mol. The second kappa shape index (κ2) is 4.80. The van der Waals surface area contributed by atoms with Gasteiger partial charge >= 0.3 is 0 Å². The van der Waals surface area contributed by atoms with E-state index in [9.17, 15) is 0 Å². The number of rotatable bonds is 1. The van der Waals surface area contributed by atoms with Crippen LogP contribution in [0.4, 0.5) is 11.8 Å². The predicted octanol–water partition coefficient (Wildman–Crippen LogP) is 2.60. The molecule has 90 valence electrons. The number of hydrogen-bond acceptors (Lipinski definition) is 5. The Bertz CT molecular complexity index is 665. The van der Waals surface area contributed by atoms with Gasteiger partial charge in [-0.1, -0.05) is 33.6 Å². The molecule has 0 unspecified atom stereocenters. The summed E-state index contributed by atoms with van der Waals surface area (Å²) in [5.41, 5.74) is 12.3. The summed E-state index contributed by atoms with van der Waals surface area (Å²) in [7, 11) is 0. The Morgan fingerprint density at radius 3 is 2.61 bits per heavy atom. The molecule has 1 heterocycles. The number of hydrogen-bond donors (Lipinski definition) is 2. The molecule has 0 amide bonds. The molecule has 0 saturated heterocycles. The molecule has 0 fully saturated rings. The fourth-order valence-electron chi connectivity index (χ4n) is 1.48. The minimum atomic E-state index is 0.000449. The molecule has 0 saturated carbocycles. The zero-order valence-corrected chi connectivity index (χ0v) is 11.3. The molecule has 1 aromatic heterocycles. The first-order chi connectivity index (χ1) is 8.52. The molecule has 18 heavy (non-hydrogen) atoms. The zero-order valence-electron chi connectivity index (χ0n) is 8.98. The van der Waals surface area contributed by atoms with Crippen molar-refractivity contribution in [2.24, 2.45) is 0 Å². The Hall–Kier alpha value is -1.84. The van der Waals surface area contributed by atoms with E-state index in [0.717, 1.165) is 4.47 Å². The number of benzene rings is 1. The maximum atomic E-state index is 9.09. The molecule has 4 N–H and O–H groups in total. The van der Waals surface area contributed by atoms with Crippen LogP contribution in [-0.2, 0) is 0 Å². The third-order valence-corrected chi connectivity index (χ3v) is 3.06. The second-order valence-electron chi connectivity index (χ2n) is 3.43. The lowest BCUT2D eigenvalue weighted by Gasteiger charge is -2.08. The molecular weight excluding hydrogens is 318 g/mol. The number of halogens is 2. The van der Waals surface area contributed by atoms with Gasteiger partial charge in [0.05, 0.1) is 10.7 Å². The van der Waals surface area contributed by atoms with E-state index in [1.807, 2.05) is 6.07 Å². The lowest BCUT2D eigenvalue weighted by Crippen LogP contribution is -2.05. The van der Waals surface area contributed by atoms with Crippen LogP contribution >= 0.6 is 27.5 Å². The van der Waals surface area contributed by atoms with Crippen LogP contribution in [0.3, 0.4) is 0 Å². The van der Waals surface area contributed by atoms with Crippen molar-refractivity contribution in [2.45, 2.75) is 0 Å². The van der Waals surface area contributed by atoms with E-state index < -0.39 is 0 Å². The van der Waals surface area contributed by atoms with Crippen molar-refractivity contribution in [1.29, 1.82) is 5.26 Å². The standard InChI is InChI=1S/C11H7BrClN5/c12-5-1-2-6(8(13)3-5)9-7(4-14)10(15)18-11(16)17-9/h1-3H,(H4,15,16,17,18). The molecule has 2 rings (SSSR count). The largest absolute Gasteiger partial charge is 0.382 e. The van der Waals surface area contributed by atoms with Gasteiger partial charge in [0.1, 0.15) is 17.5 Å². The monoisotopic (exact) mass is 323 g/mol. The molecule has 0 spiro atoms. The van der Waals surface area contributed by atoms with Gasteiger partial charge in [-0.2, -0.15) is 10.2 Å². The smallest absolute Gasteiger partial charge is 0.222 e. The van der Waals surface area contributed by atoms with E-state index in [4.69, 9.17) is 28.3 Å². The van der Waals surface area contributed by atoms with E-state index in [1.54, 1.807) is 18.2 Å². The van der Waals surface area contributed by atoms with Crippen LogP contribution in [0.15, 0.2) is 22.7 Å². The van der Waals surface area contributed by atoms with Crippen molar-refractivity contribution in [3.63, 3.8) is 0 Å². The summed E-state index contributed by atoms with van der Waals surface area (Å²) in [6, 6.07) is 7.18. The first kappa shape index (κ1) is 12.6. The van der Waals surface area contributed by atoms with E-state index in [0.29, 0.717) is 16.3 Å². The quantitative estimate of drug-likeness (QED) is 0.839. The number of nitrogens with two attached hydrogens (primary N) is 2. The van der Waals surface area contributed by atoms with Gasteiger partial charge in [-0.25, -0.2) is 4.98 Å². The summed E-state index contributed by atoms with van der Waals surface area (Å²) in [5, 5.41) is 9.54. The van der Waals surface area contributed by atoms with Gasteiger partial charge in [0.15, 0.2) is 0 Å². The van der Waals surface area contributed by atoms with Crippen LogP contribution in [0.5, 0.6) is 0 Å². The van der Waals surface area contributed by atoms with Crippen molar-refractivity contribution < 1.29 is 0 Å². The minimum Gasteiger partial charge on any atom is -0.382 e. The van der Waals surface area contributed by atoms with Crippen molar-refractivity contribution in [3.8, 4) is 17.3 Å². The van der Waals surface area contributed by atoms with E-state index >= 15 is 0 Å². The van der Waals surface area contributed by atoms with Crippen LogP contribution in [0.2, 0.25) is 5.02 Å². The van der Waals surface area contributed by atoms with Gasteiger partial charge in [-0.15, -0.1) is 0 Å². The Morgan fingerprint density at radius 1 is 1.28 bits per heavy atom. The first-order valence-electron chi connectivity index (χ1n) is 4.81. The number of nitrogen functional groups attached to an aromatic ring is 2. The Balaban J connectivity index is 2.75. The van der Waals surface area contributed by atoms with Gasteiger partial charge < -0.3 is 11.5 Å². The number of nitriles is 1. The lowest BCUT2D eigenvalue weighted by molar-refractivity contribution is 1.18. The van der Waals surface area contributed by atoms with Crippen LogP contribution in [-0.4, -0.2) is 9.97 Å². The number of nitrogens with zero attached hydrogens (tertiary/aromatic N) is 3. The lowest BCUT2D eigenvalue weighted by atomic mass is 10.1. The molecule has 0 atom stereocenters. The normalized spacial score (nSPS) is 10.1. The van der Waals surface area contributed by atoms with E-state index in [1.165, 1.54) is 0 Å². The summed E-state index contributed by atoms with van der Waals surface area (Å²) in [6.07, 6.45) is 0. The van der Waals surface area contributed by atoms with Crippen LogP contribution in [0.1, 0.15) is 5.56 Å². The van der Waals surface area contributed by atoms with Gasteiger partial charge in [-0.3, -0.25) is 0 Å². The van der Waals surface area contributed by atoms with Crippen molar-refractivity contribution in [2.75, 3.05) is 11.5 Å². The maximum Gasteiger partial charge on any atom is 0.222 e. The Kier molecular flexibility index (Phi) is 3.36. The van der Waals surface area contributed by atoms with Crippen molar-refractivity contribution >= 4 is 39.3 Å². The topological polar surface area (TPSA) is 102 Å². The molecule has 2 aromatic rings. The molecule has 0 aliphatic heterocycles.